The summed E-state index contributed by atoms with van der Waals surface area (Å²) in [7, 11) is 0. The highest BCUT2D eigenvalue weighted by atomic mass is 19.1. The maximum Gasteiger partial charge on any atom is 0.415 e. The number of rotatable bonds is 5. The number of hydrogen-bond donors (Lipinski definition) is 3. The van der Waals surface area contributed by atoms with Crippen molar-refractivity contribution in [3.05, 3.63) is 35.2 Å². The number of amides is 3. The van der Waals surface area contributed by atoms with Crippen LogP contribution in [-0.4, -0.2) is 77.5 Å². The standard InChI is InChI=1S/C21H24FN3O6/c1-11(27)23-9-19-17-7-13-6-14(15(22)8-16(13)25(17)21(30)31-19)12-2-4-24(5-3-12)20(29)18(28)10-26/h2,6,8,17-19,26,28H,3-5,7,9-10H2,1H3,(H,23,27)/t17-,18?,19-/m0/s1. The maximum atomic E-state index is 15.0. The molecule has 166 valence electrons. The number of anilines is 1. The molecule has 3 amide bonds. The van der Waals surface area contributed by atoms with Crippen molar-refractivity contribution in [2.45, 2.75) is 38.0 Å². The predicted molar refractivity (Wildman–Crippen MR) is 108 cm³/mol. The van der Waals surface area contributed by atoms with Crippen LogP contribution in [-0.2, 0) is 20.7 Å². The highest BCUT2D eigenvalue weighted by Gasteiger charge is 2.47. The molecule has 1 fully saturated rings. The molecule has 1 aromatic rings. The Bertz CT molecular complexity index is 965. The molecule has 0 bridgehead atoms. The Morgan fingerprint density at radius 2 is 2.16 bits per heavy atom. The normalized spacial score (nSPS) is 23.1. The number of aliphatic hydroxyl groups excluding tert-OH is 2. The third-order valence-corrected chi connectivity index (χ3v) is 5.94. The van der Waals surface area contributed by atoms with Gasteiger partial charge in [-0.05, 0) is 36.1 Å². The van der Waals surface area contributed by atoms with Gasteiger partial charge >= 0.3 is 6.09 Å². The lowest BCUT2D eigenvalue weighted by Crippen LogP contribution is -2.42. The van der Waals surface area contributed by atoms with Crippen molar-refractivity contribution in [3.8, 4) is 0 Å². The van der Waals surface area contributed by atoms with Gasteiger partial charge in [-0.1, -0.05) is 6.08 Å². The quantitative estimate of drug-likeness (QED) is 0.610. The van der Waals surface area contributed by atoms with Crippen LogP contribution in [0.25, 0.3) is 5.57 Å². The Morgan fingerprint density at radius 3 is 2.81 bits per heavy atom. The summed E-state index contributed by atoms with van der Waals surface area (Å²) in [6.45, 7) is 1.45. The van der Waals surface area contributed by atoms with Crippen molar-refractivity contribution in [1.29, 1.82) is 0 Å². The van der Waals surface area contributed by atoms with Crippen molar-refractivity contribution in [2.24, 2.45) is 0 Å². The highest BCUT2D eigenvalue weighted by molar-refractivity contribution is 5.94. The molecule has 0 radical (unpaired) electrons. The summed E-state index contributed by atoms with van der Waals surface area (Å²) < 4.78 is 20.3. The molecule has 0 aliphatic carbocycles. The van der Waals surface area contributed by atoms with Gasteiger partial charge in [0.15, 0.2) is 6.10 Å². The van der Waals surface area contributed by atoms with Gasteiger partial charge in [0, 0.05) is 25.6 Å². The van der Waals surface area contributed by atoms with Crippen LogP contribution in [0, 0.1) is 5.82 Å². The Labute approximate surface area is 178 Å². The molecule has 9 nitrogen and oxygen atoms in total. The molecule has 0 aromatic heterocycles. The molecule has 1 saturated heterocycles. The summed E-state index contributed by atoms with van der Waals surface area (Å²) in [5, 5.41) is 21.1. The average molecular weight is 433 g/mol. The largest absolute Gasteiger partial charge is 0.442 e. The number of carbonyl (C=O) groups is 3. The van der Waals surface area contributed by atoms with Crippen molar-refractivity contribution >= 4 is 29.2 Å². The highest BCUT2D eigenvalue weighted by Crippen LogP contribution is 2.41. The molecule has 0 spiro atoms. The van der Waals surface area contributed by atoms with E-state index in [0.717, 1.165) is 11.1 Å². The van der Waals surface area contributed by atoms with E-state index in [0.29, 0.717) is 30.6 Å². The molecule has 10 heteroatoms. The second-order valence-corrected chi connectivity index (χ2v) is 7.92. The van der Waals surface area contributed by atoms with E-state index in [1.54, 1.807) is 12.1 Å². The van der Waals surface area contributed by atoms with Crippen LogP contribution in [0.1, 0.15) is 24.5 Å². The van der Waals surface area contributed by atoms with E-state index < -0.39 is 36.6 Å². The number of benzene rings is 1. The second kappa shape index (κ2) is 8.27. The number of ether oxygens (including phenoxy) is 1. The smallest absolute Gasteiger partial charge is 0.415 e. The predicted octanol–water partition coefficient (Wildman–Crippen LogP) is 0.181. The molecular weight excluding hydrogens is 409 g/mol. The van der Waals surface area contributed by atoms with E-state index in [1.165, 1.54) is 22.8 Å². The molecule has 3 heterocycles. The zero-order valence-electron chi connectivity index (χ0n) is 17.0. The fraction of sp³-hybridized carbons (Fsp3) is 0.476. The van der Waals surface area contributed by atoms with Gasteiger partial charge in [0.25, 0.3) is 5.91 Å². The first-order chi connectivity index (χ1) is 14.8. The molecular formula is C21H24FN3O6. The molecule has 31 heavy (non-hydrogen) atoms. The summed E-state index contributed by atoms with van der Waals surface area (Å²) in [6.07, 6.45) is 0.103. The summed E-state index contributed by atoms with van der Waals surface area (Å²) in [4.78, 5) is 38.4. The fourth-order valence-electron chi connectivity index (χ4n) is 4.36. The molecule has 3 aliphatic heterocycles. The van der Waals surface area contributed by atoms with Crippen LogP contribution in [0.5, 0.6) is 0 Å². The lowest BCUT2D eigenvalue weighted by atomic mass is 9.95. The van der Waals surface area contributed by atoms with E-state index >= 15 is 0 Å². The van der Waals surface area contributed by atoms with Gasteiger partial charge in [-0.3, -0.25) is 14.5 Å². The molecule has 0 saturated carbocycles. The van der Waals surface area contributed by atoms with E-state index in [1.807, 2.05) is 0 Å². The van der Waals surface area contributed by atoms with Crippen LogP contribution in [0.2, 0.25) is 0 Å². The van der Waals surface area contributed by atoms with Crippen LogP contribution in [0.4, 0.5) is 14.9 Å². The Morgan fingerprint density at radius 1 is 1.39 bits per heavy atom. The minimum Gasteiger partial charge on any atom is -0.442 e. The van der Waals surface area contributed by atoms with Crippen LogP contribution >= 0.6 is 0 Å². The molecule has 1 unspecified atom stereocenters. The van der Waals surface area contributed by atoms with Gasteiger partial charge in [-0.2, -0.15) is 0 Å². The van der Waals surface area contributed by atoms with E-state index in [9.17, 15) is 23.9 Å². The number of halogens is 1. The Hall–Kier alpha value is -2.98. The maximum absolute atomic E-state index is 15.0. The zero-order valence-corrected chi connectivity index (χ0v) is 17.0. The van der Waals surface area contributed by atoms with Gasteiger partial charge in [0.05, 0.1) is 24.9 Å². The van der Waals surface area contributed by atoms with Crippen molar-refractivity contribution in [1.82, 2.24) is 10.2 Å². The van der Waals surface area contributed by atoms with E-state index in [-0.39, 0.29) is 25.0 Å². The zero-order chi connectivity index (χ0) is 22.3. The minimum atomic E-state index is -1.45. The summed E-state index contributed by atoms with van der Waals surface area (Å²) in [5.74, 6) is -1.25. The first kappa shape index (κ1) is 21.3. The van der Waals surface area contributed by atoms with Gasteiger partial charge < -0.3 is 25.2 Å². The SMILES string of the molecule is CC(=O)NC[C@@H]1OC(=O)N2c3cc(F)c(C4=CCN(C(=O)C(O)CO)CC4)cc3C[C@@H]12. The molecule has 3 N–H and O–H groups in total. The number of nitrogens with zero attached hydrogens (tertiary/aromatic N) is 2. The van der Waals surface area contributed by atoms with Crippen molar-refractivity contribution in [3.63, 3.8) is 0 Å². The first-order valence-electron chi connectivity index (χ1n) is 10.1. The lowest BCUT2D eigenvalue weighted by Gasteiger charge is -2.28. The van der Waals surface area contributed by atoms with Gasteiger partial charge in [0.1, 0.15) is 11.9 Å². The van der Waals surface area contributed by atoms with E-state index in [4.69, 9.17) is 9.84 Å². The topological polar surface area (TPSA) is 119 Å². The van der Waals surface area contributed by atoms with Crippen LogP contribution < -0.4 is 10.2 Å². The number of carbonyl (C=O) groups excluding carboxylic acids is 3. The molecule has 3 atom stereocenters. The number of aliphatic hydroxyl groups is 2. The molecule has 4 rings (SSSR count). The number of cyclic esters (lactones) is 1. The third-order valence-electron chi connectivity index (χ3n) is 5.94. The average Bonchev–Trinajstić information content (AvgIpc) is 3.27. The van der Waals surface area contributed by atoms with Crippen LogP contribution in [0.3, 0.4) is 0 Å². The Balaban J connectivity index is 1.53. The third kappa shape index (κ3) is 3.88. The fourth-order valence-corrected chi connectivity index (χ4v) is 4.36. The number of fused-ring (bicyclic) bond motifs is 3. The lowest BCUT2D eigenvalue weighted by molar-refractivity contribution is -0.141. The van der Waals surface area contributed by atoms with E-state index in [2.05, 4.69) is 5.32 Å². The molecule has 3 aliphatic rings. The Kier molecular flexibility index (Phi) is 5.67. The monoisotopic (exact) mass is 433 g/mol. The van der Waals surface area contributed by atoms with Gasteiger partial charge in [-0.25, -0.2) is 9.18 Å². The van der Waals surface area contributed by atoms with Crippen LogP contribution in [0.15, 0.2) is 18.2 Å². The number of hydrogen-bond acceptors (Lipinski definition) is 6. The summed E-state index contributed by atoms with van der Waals surface area (Å²) in [5.41, 5.74) is 2.45. The van der Waals surface area contributed by atoms with Gasteiger partial charge in [0.2, 0.25) is 5.91 Å². The summed E-state index contributed by atoms with van der Waals surface area (Å²) >= 11 is 0. The summed E-state index contributed by atoms with van der Waals surface area (Å²) in [6, 6.07) is 2.76. The van der Waals surface area contributed by atoms with Crippen molar-refractivity contribution in [2.75, 3.05) is 31.1 Å². The molecule has 1 aromatic carbocycles. The number of nitrogens with one attached hydrogen (secondary N) is 1. The van der Waals surface area contributed by atoms with Crippen molar-refractivity contribution < 1.29 is 33.7 Å². The van der Waals surface area contributed by atoms with Gasteiger partial charge in [-0.15, -0.1) is 0 Å². The minimum absolute atomic E-state index is 0.195. The first-order valence-corrected chi connectivity index (χ1v) is 10.1. The second-order valence-electron chi connectivity index (χ2n) is 7.92.